The lowest BCUT2D eigenvalue weighted by atomic mass is 10.0. The van der Waals surface area contributed by atoms with Crippen molar-refractivity contribution < 1.29 is 22.7 Å². The Morgan fingerprint density at radius 1 is 1.33 bits per heavy atom. The van der Waals surface area contributed by atoms with Crippen LogP contribution in [-0.4, -0.2) is 29.0 Å². The van der Waals surface area contributed by atoms with Crippen LogP contribution in [0.4, 0.5) is 19.1 Å². The molecule has 2 N–H and O–H groups in total. The van der Waals surface area contributed by atoms with Crippen molar-refractivity contribution in [3.63, 3.8) is 0 Å². The normalized spacial score (nSPS) is 17.2. The van der Waals surface area contributed by atoms with Crippen molar-refractivity contribution in [3.8, 4) is 5.75 Å². The molecule has 0 radical (unpaired) electrons. The van der Waals surface area contributed by atoms with Gasteiger partial charge in [0, 0.05) is 18.7 Å². The summed E-state index contributed by atoms with van der Waals surface area (Å²) in [5.41, 5.74) is 5.17. The second-order valence-electron chi connectivity index (χ2n) is 6.44. The summed E-state index contributed by atoms with van der Waals surface area (Å²) in [5, 5.41) is 0. The smallest absolute Gasteiger partial charge is 0.416 e. The van der Waals surface area contributed by atoms with Gasteiger partial charge in [-0.1, -0.05) is 12.1 Å². The summed E-state index contributed by atoms with van der Waals surface area (Å²) in [6.07, 6.45) is -0.987. The number of alkyl halides is 3. The number of aryl methyl sites for hydroxylation is 1. The first-order valence-electron chi connectivity index (χ1n) is 8.40. The molecule has 0 aliphatic carbocycles. The van der Waals surface area contributed by atoms with E-state index in [1.54, 1.807) is 13.0 Å². The van der Waals surface area contributed by atoms with E-state index in [9.17, 15) is 18.0 Å². The van der Waals surface area contributed by atoms with E-state index in [4.69, 9.17) is 10.5 Å². The number of benzene rings is 1. The number of halogens is 3. The SMILES string of the molecule is Cc1cccc(C(F)(F)F)c1COc1cnc(N2CC[C@@H](C(N)=O)C2)nc1. The first-order valence-corrected chi connectivity index (χ1v) is 8.40. The molecule has 1 fully saturated rings. The largest absolute Gasteiger partial charge is 0.486 e. The first-order chi connectivity index (χ1) is 12.8. The van der Waals surface area contributed by atoms with Crippen LogP contribution in [0.1, 0.15) is 23.1 Å². The number of nitrogens with zero attached hydrogens (tertiary/aromatic N) is 3. The van der Waals surface area contributed by atoms with Crippen molar-refractivity contribution in [3.05, 3.63) is 47.3 Å². The van der Waals surface area contributed by atoms with E-state index >= 15 is 0 Å². The minimum atomic E-state index is -4.45. The van der Waals surface area contributed by atoms with Crippen LogP contribution in [0.3, 0.4) is 0 Å². The van der Waals surface area contributed by atoms with Gasteiger partial charge in [-0.05, 0) is 25.0 Å². The second kappa shape index (κ2) is 7.42. The third-order valence-corrected chi connectivity index (χ3v) is 4.59. The van der Waals surface area contributed by atoms with Gasteiger partial charge < -0.3 is 15.4 Å². The monoisotopic (exact) mass is 380 g/mol. The molecule has 0 unspecified atom stereocenters. The van der Waals surface area contributed by atoms with Crippen molar-refractivity contribution in [1.29, 1.82) is 0 Å². The lowest BCUT2D eigenvalue weighted by Gasteiger charge is -2.17. The number of carbonyl (C=O) groups is 1. The summed E-state index contributed by atoms with van der Waals surface area (Å²) in [6, 6.07) is 4.01. The topological polar surface area (TPSA) is 81.3 Å². The molecule has 1 aliphatic rings. The third-order valence-electron chi connectivity index (χ3n) is 4.59. The Morgan fingerprint density at radius 3 is 2.63 bits per heavy atom. The molecule has 144 valence electrons. The van der Waals surface area contributed by atoms with Crippen LogP contribution in [0.2, 0.25) is 0 Å². The van der Waals surface area contributed by atoms with Gasteiger partial charge in [0.15, 0.2) is 5.75 Å². The molecule has 0 bridgehead atoms. The molecule has 2 aromatic rings. The highest BCUT2D eigenvalue weighted by atomic mass is 19.4. The van der Waals surface area contributed by atoms with Crippen molar-refractivity contribution in [2.75, 3.05) is 18.0 Å². The number of hydrogen-bond donors (Lipinski definition) is 1. The van der Waals surface area contributed by atoms with Gasteiger partial charge in [0.05, 0.1) is 23.9 Å². The molecule has 0 spiro atoms. The quantitative estimate of drug-likeness (QED) is 0.863. The minimum absolute atomic E-state index is 0.0814. The Hall–Kier alpha value is -2.84. The maximum Gasteiger partial charge on any atom is 0.416 e. The van der Waals surface area contributed by atoms with E-state index < -0.39 is 11.7 Å². The highest BCUT2D eigenvalue weighted by Gasteiger charge is 2.34. The molecule has 0 saturated carbocycles. The zero-order valence-corrected chi connectivity index (χ0v) is 14.7. The molecule has 27 heavy (non-hydrogen) atoms. The predicted octanol–water partition coefficient (Wildman–Crippen LogP) is 2.69. The highest BCUT2D eigenvalue weighted by molar-refractivity contribution is 5.78. The molecule has 1 aromatic carbocycles. The first kappa shape index (κ1) is 18.9. The third kappa shape index (κ3) is 4.29. The Kier molecular flexibility index (Phi) is 5.20. The van der Waals surface area contributed by atoms with Gasteiger partial charge in [0.25, 0.3) is 0 Å². The van der Waals surface area contributed by atoms with E-state index in [-0.39, 0.29) is 29.7 Å². The number of aromatic nitrogens is 2. The summed E-state index contributed by atoms with van der Waals surface area (Å²) in [5.74, 6) is 0.112. The molecular formula is C18H19F3N4O2. The predicted molar refractivity (Wildman–Crippen MR) is 92.1 cm³/mol. The van der Waals surface area contributed by atoms with Gasteiger partial charge in [-0.2, -0.15) is 13.2 Å². The van der Waals surface area contributed by atoms with Crippen LogP contribution in [0, 0.1) is 12.8 Å². The number of ether oxygens (including phenoxy) is 1. The van der Waals surface area contributed by atoms with E-state index in [0.717, 1.165) is 6.07 Å². The molecule has 2 heterocycles. The standard InChI is InChI=1S/C18H19F3N4O2/c1-11-3-2-4-15(18(19,20)21)14(11)10-27-13-7-23-17(24-8-13)25-6-5-12(9-25)16(22)26/h2-4,7-8,12H,5-6,9-10H2,1H3,(H2,22,26)/t12-/m1/s1. The number of carbonyl (C=O) groups excluding carboxylic acids is 1. The van der Waals surface area contributed by atoms with Crippen molar-refractivity contribution in [1.82, 2.24) is 9.97 Å². The van der Waals surface area contributed by atoms with Crippen LogP contribution >= 0.6 is 0 Å². The molecule has 1 amide bonds. The number of primary amides is 1. The number of amides is 1. The Balaban J connectivity index is 1.68. The van der Waals surface area contributed by atoms with Gasteiger partial charge in [-0.3, -0.25) is 4.79 Å². The maximum atomic E-state index is 13.1. The fourth-order valence-corrected chi connectivity index (χ4v) is 3.04. The second-order valence-corrected chi connectivity index (χ2v) is 6.44. The van der Waals surface area contributed by atoms with E-state index in [1.807, 2.05) is 4.90 Å². The number of nitrogens with two attached hydrogens (primary N) is 1. The summed E-state index contributed by atoms with van der Waals surface area (Å²) in [4.78, 5) is 21.4. The van der Waals surface area contributed by atoms with Crippen LogP contribution in [0.25, 0.3) is 0 Å². The summed E-state index contributed by atoms with van der Waals surface area (Å²) >= 11 is 0. The Bertz CT molecular complexity index is 824. The summed E-state index contributed by atoms with van der Waals surface area (Å²) < 4.78 is 44.9. The van der Waals surface area contributed by atoms with Crippen molar-refractivity contribution in [2.45, 2.75) is 26.1 Å². The molecule has 3 rings (SSSR count). The van der Waals surface area contributed by atoms with E-state index in [2.05, 4.69) is 9.97 Å². The minimum Gasteiger partial charge on any atom is -0.486 e. The lowest BCUT2D eigenvalue weighted by Crippen LogP contribution is -2.28. The van der Waals surface area contributed by atoms with Gasteiger partial charge in [-0.25, -0.2) is 9.97 Å². The maximum absolute atomic E-state index is 13.1. The average Bonchev–Trinajstić information content (AvgIpc) is 3.10. The van der Waals surface area contributed by atoms with Crippen molar-refractivity contribution >= 4 is 11.9 Å². The van der Waals surface area contributed by atoms with Crippen LogP contribution < -0.4 is 15.4 Å². The zero-order chi connectivity index (χ0) is 19.6. The number of hydrogen-bond acceptors (Lipinski definition) is 5. The molecule has 1 atom stereocenters. The van der Waals surface area contributed by atoms with Crippen LogP contribution in [0.15, 0.2) is 30.6 Å². The average molecular weight is 380 g/mol. The van der Waals surface area contributed by atoms with Crippen LogP contribution in [-0.2, 0) is 17.6 Å². The zero-order valence-electron chi connectivity index (χ0n) is 14.7. The number of anilines is 1. The van der Waals surface area contributed by atoms with Gasteiger partial charge in [0.1, 0.15) is 6.61 Å². The summed E-state index contributed by atoms with van der Waals surface area (Å²) in [6.45, 7) is 2.44. The fourth-order valence-electron chi connectivity index (χ4n) is 3.04. The molecule has 6 nitrogen and oxygen atoms in total. The summed E-state index contributed by atoms with van der Waals surface area (Å²) in [7, 11) is 0. The van der Waals surface area contributed by atoms with Crippen molar-refractivity contribution in [2.24, 2.45) is 11.7 Å². The molecule has 9 heteroatoms. The molecule has 1 aliphatic heterocycles. The molecular weight excluding hydrogens is 361 g/mol. The Labute approximate surface area is 154 Å². The van der Waals surface area contributed by atoms with Crippen LogP contribution in [0.5, 0.6) is 5.75 Å². The molecule has 1 saturated heterocycles. The lowest BCUT2D eigenvalue weighted by molar-refractivity contribution is -0.138. The van der Waals surface area contributed by atoms with E-state index in [1.165, 1.54) is 18.5 Å². The van der Waals surface area contributed by atoms with Gasteiger partial charge in [-0.15, -0.1) is 0 Å². The van der Waals surface area contributed by atoms with Gasteiger partial charge >= 0.3 is 6.18 Å². The number of rotatable bonds is 5. The highest BCUT2D eigenvalue weighted by Crippen LogP contribution is 2.33. The van der Waals surface area contributed by atoms with E-state index in [0.29, 0.717) is 31.0 Å². The fraction of sp³-hybridized carbons (Fsp3) is 0.389. The van der Waals surface area contributed by atoms with Gasteiger partial charge in [0.2, 0.25) is 11.9 Å². The Morgan fingerprint density at radius 2 is 2.04 bits per heavy atom. The molecule has 1 aromatic heterocycles.